The molecular weight excluding hydrogens is 258 g/mol. The summed E-state index contributed by atoms with van der Waals surface area (Å²) in [6.45, 7) is 6.07. The van der Waals surface area contributed by atoms with Gasteiger partial charge in [0.15, 0.2) is 0 Å². The maximum atomic E-state index is 11.2. The van der Waals surface area contributed by atoms with Gasteiger partial charge >= 0.3 is 5.97 Å². The van der Waals surface area contributed by atoms with Crippen LogP contribution in [0.15, 0.2) is 0 Å². The second-order valence-electron chi connectivity index (χ2n) is 5.25. The number of hydrogen-bond donors (Lipinski definition) is 0. The minimum Gasteiger partial charge on any atom is -0.466 e. The second kappa shape index (κ2) is 10.6. The highest BCUT2D eigenvalue weighted by Gasteiger charge is 2.15. The fraction of sp³-hybridized carbons (Fsp3) is 0.933. The quantitative estimate of drug-likeness (QED) is 0.506. The molecule has 0 radical (unpaired) electrons. The fourth-order valence-electron chi connectivity index (χ4n) is 2.60. The van der Waals surface area contributed by atoms with E-state index in [1.54, 1.807) is 0 Å². The van der Waals surface area contributed by atoms with E-state index in [4.69, 9.17) is 4.74 Å². The van der Waals surface area contributed by atoms with E-state index in [0.717, 1.165) is 18.1 Å². The molecule has 1 unspecified atom stereocenters. The summed E-state index contributed by atoms with van der Waals surface area (Å²) in [5, 5.41) is 0.869. The van der Waals surface area contributed by atoms with E-state index in [1.807, 2.05) is 18.7 Å². The van der Waals surface area contributed by atoms with Crippen LogP contribution in [0, 0.1) is 0 Å². The normalized spacial score (nSPS) is 21.1. The maximum Gasteiger partial charge on any atom is 0.305 e. The number of thioether (sulfide) groups is 1. The molecule has 1 atom stereocenters. The van der Waals surface area contributed by atoms with Crippen molar-refractivity contribution in [1.29, 1.82) is 0 Å². The van der Waals surface area contributed by atoms with Crippen molar-refractivity contribution >= 4 is 17.7 Å². The zero-order valence-corrected chi connectivity index (χ0v) is 13.3. The molecule has 0 bridgehead atoms. The monoisotopic (exact) mass is 287 g/mol. The largest absolute Gasteiger partial charge is 0.466 e. The molecule has 0 aromatic heterocycles. The average Bonchev–Trinajstić information content (AvgIpc) is 2.64. The lowest BCUT2D eigenvalue weighted by Crippen LogP contribution is -2.26. The number of rotatable bonds is 8. The summed E-state index contributed by atoms with van der Waals surface area (Å²) in [6.07, 6.45) is 10.2. The van der Waals surface area contributed by atoms with E-state index in [1.165, 1.54) is 45.3 Å². The Labute approximate surface area is 122 Å². The predicted molar refractivity (Wildman–Crippen MR) is 82.7 cm³/mol. The first-order chi connectivity index (χ1) is 9.26. The van der Waals surface area contributed by atoms with Gasteiger partial charge in [-0.25, -0.2) is 0 Å². The van der Waals surface area contributed by atoms with Crippen LogP contribution in [0.3, 0.4) is 0 Å². The van der Waals surface area contributed by atoms with Gasteiger partial charge in [0.2, 0.25) is 0 Å². The van der Waals surface area contributed by atoms with Gasteiger partial charge in [0.05, 0.1) is 6.61 Å². The molecule has 0 saturated carbocycles. The molecule has 19 heavy (non-hydrogen) atoms. The van der Waals surface area contributed by atoms with Gasteiger partial charge in [0, 0.05) is 11.7 Å². The van der Waals surface area contributed by atoms with Gasteiger partial charge in [-0.05, 0) is 64.9 Å². The first-order valence-corrected chi connectivity index (χ1v) is 8.95. The van der Waals surface area contributed by atoms with Crippen LogP contribution in [0.2, 0.25) is 0 Å². The van der Waals surface area contributed by atoms with Crippen LogP contribution in [0.5, 0.6) is 0 Å². The number of hydrogen-bond acceptors (Lipinski definition) is 4. The van der Waals surface area contributed by atoms with Crippen molar-refractivity contribution in [2.75, 3.05) is 32.5 Å². The molecule has 1 saturated heterocycles. The van der Waals surface area contributed by atoms with Crippen molar-refractivity contribution in [3.8, 4) is 0 Å². The molecule has 1 aliphatic heterocycles. The summed E-state index contributed by atoms with van der Waals surface area (Å²) >= 11 is 2.02. The fourth-order valence-corrected chi connectivity index (χ4v) is 3.34. The van der Waals surface area contributed by atoms with Gasteiger partial charge in [0.25, 0.3) is 0 Å². The van der Waals surface area contributed by atoms with Crippen LogP contribution >= 0.6 is 11.8 Å². The highest BCUT2D eigenvalue weighted by molar-refractivity contribution is 7.99. The minimum atomic E-state index is -0.0416. The Morgan fingerprint density at radius 1 is 1.26 bits per heavy atom. The van der Waals surface area contributed by atoms with Crippen LogP contribution in [0.25, 0.3) is 0 Å². The highest BCUT2D eigenvalue weighted by Crippen LogP contribution is 2.21. The number of likely N-dealkylation sites (tertiary alicyclic amines) is 1. The topological polar surface area (TPSA) is 29.5 Å². The van der Waals surface area contributed by atoms with Gasteiger partial charge in [-0.2, -0.15) is 11.8 Å². The lowest BCUT2D eigenvalue weighted by atomic mass is 10.2. The molecule has 1 rings (SSSR count). The van der Waals surface area contributed by atoms with Gasteiger partial charge in [-0.15, -0.1) is 0 Å². The Bertz CT molecular complexity index is 248. The Balaban J connectivity index is 2.01. The Hall–Kier alpha value is -0.220. The van der Waals surface area contributed by atoms with Crippen molar-refractivity contribution in [3.05, 3.63) is 0 Å². The molecule has 112 valence electrons. The van der Waals surface area contributed by atoms with Crippen LogP contribution < -0.4 is 0 Å². The third kappa shape index (κ3) is 7.83. The molecular formula is C15H29NO2S. The molecule has 0 N–H and O–H groups in total. The first-order valence-electron chi connectivity index (χ1n) is 7.67. The Morgan fingerprint density at radius 3 is 2.84 bits per heavy atom. The third-order valence-corrected chi connectivity index (χ3v) is 4.90. The summed E-state index contributed by atoms with van der Waals surface area (Å²) < 4.78 is 4.93. The minimum absolute atomic E-state index is 0.0416. The first kappa shape index (κ1) is 16.8. The van der Waals surface area contributed by atoms with Crippen molar-refractivity contribution in [3.63, 3.8) is 0 Å². The predicted octanol–water partition coefficient (Wildman–Crippen LogP) is 3.33. The SMILES string of the molecule is CCOC(=O)CCCCCN1CCCC(SC)CC1. The standard InChI is InChI=1S/C15H29NO2S/c1-3-18-15(17)9-5-4-6-11-16-12-7-8-14(19-2)10-13-16/h14H,3-13H2,1-2H3. The van der Waals surface area contributed by atoms with Crippen molar-refractivity contribution in [2.24, 2.45) is 0 Å². The summed E-state index contributed by atoms with van der Waals surface area (Å²) in [5.74, 6) is -0.0416. The van der Waals surface area contributed by atoms with E-state index in [-0.39, 0.29) is 5.97 Å². The second-order valence-corrected chi connectivity index (χ2v) is 6.38. The highest BCUT2D eigenvalue weighted by atomic mass is 32.2. The smallest absolute Gasteiger partial charge is 0.305 e. The van der Waals surface area contributed by atoms with Crippen LogP contribution in [-0.2, 0) is 9.53 Å². The summed E-state index contributed by atoms with van der Waals surface area (Å²) in [6, 6.07) is 0. The van der Waals surface area contributed by atoms with Crippen LogP contribution in [0.1, 0.15) is 51.9 Å². The average molecular weight is 287 g/mol. The van der Waals surface area contributed by atoms with Gasteiger partial charge in [-0.3, -0.25) is 4.79 Å². The molecule has 0 amide bonds. The molecule has 4 heteroatoms. The lowest BCUT2D eigenvalue weighted by Gasteiger charge is -2.19. The van der Waals surface area contributed by atoms with E-state index in [9.17, 15) is 4.79 Å². The van der Waals surface area contributed by atoms with Gasteiger partial charge < -0.3 is 9.64 Å². The molecule has 1 heterocycles. The van der Waals surface area contributed by atoms with Crippen LogP contribution in [-0.4, -0.2) is 48.6 Å². The van der Waals surface area contributed by atoms with Crippen molar-refractivity contribution < 1.29 is 9.53 Å². The number of unbranched alkanes of at least 4 members (excludes halogenated alkanes) is 2. The third-order valence-electron chi connectivity index (χ3n) is 3.76. The van der Waals surface area contributed by atoms with Crippen LogP contribution in [0.4, 0.5) is 0 Å². The Morgan fingerprint density at radius 2 is 2.11 bits per heavy atom. The van der Waals surface area contributed by atoms with Gasteiger partial charge in [-0.1, -0.05) is 6.42 Å². The number of esters is 1. The summed E-state index contributed by atoms with van der Waals surface area (Å²) in [7, 11) is 0. The number of nitrogens with zero attached hydrogens (tertiary/aromatic N) is 1. The molecule has 0 spiro atoms. The Kier molecular flexibility index (Phi) is 9.35. The summed E-state index contributed by atoms with van der Waals surface area (Å²) in [4.78, 5) is 13.8. The molecule has 3 nitrogen and oxygen atoms in total. The zero-order valence-electron chi connectivity index (χ0n) is 12.5. The molecule has 1 fully saturated rings. The lowest BCUT2D eigenvalue weighted by molar-refractivity contribution is -0.143. The maximum absolute atomic E-state index is 11.2. The van der Waals surface area contributed by atoms with Gasteiger partial charge in [0.1, 0.15) is 0 Å². The van der Waals surface area contributed by atoms with E-state index in [0.29, 0.717) is 13.0 Å². The zero-order chi connectivity index (χ0) is 13.9. The van der Waals surface area contributed by atoms with Crippen molar-refractivity contribution in [1.82, 2.24) is 4.90 Å². The van der Waals surface area contributed by atoms with Crippen molar-refractivity contribution in [2.45, 2.75) is 57.1 Å². The molecule has 0 aromatic rings. The van der Waals surface area contributed by atoms with E-state index in [2.05, 4.69) is 11.2 Å². The molecule has 0 aromatic carbocycles. The molecule has 0 aliphatic carbocycles. The summed E-state index contributed by atoms with van der Waals surface area (Å²) in [5.41, 5.74) is 0. The number of carbonyl (C=O) groups excluding carboxylic acids is 1. The number of carbonyl (C=O) groups is 1. The molecule has 1 aliphatic rings. The van der Waals surface area contributed by atoms with E-state index >= 15 is 0 Å². The number of ether oxygens (including phenoxy) is 1. The van der Waals surface area contributed by atoms with E-state index < -0.39 is 0 Å².